The molecule has 44 heavy (non-hydrogen) atoms. The van der Waals surface area contributed by atoms with Gasteiger partial charge < -0.3 is 9.47 Å². The average molecular weight is 767 g/mol. The van der Waals surface area contributed by atoms with Crippen LogP contribution in [0.15, 0.2) is 57.7 Å². The Kier molecular flexibility index (Phi) is 14.0. The van der Waals surface area contributed by atoms with Gasteiger partial charge in [0.05, 0.1) is 23.1 Å². The molecule has 2 aromatic carbocycles. The van der Waals surface area contributed by atoms with Crippen LogP contribution in [-0.2, 0) is 17.1 Å². The van der Waals surface area contributed by atoms with Gasteiger partial charge in [0.15, 0.2) is 11.5 Å². The van der Waals surface area contributed by atoms with Crippen LogP contribution in [0, 0.1) is 20.2 Å². The summed E-state index contributed by atoms with van der Waals surface area (Å²) in [5.41, 5.74) is -3.02. The monoisotopic (exact) mass is 764 g/mol. The summed E-state index contributed by atoms with van der Waals surface area (Å²) in [6.07, 6.45) is 2.63. The SMILES string of the molecule is CC=C(OCC)C(=O)c1c([N+](=O)[O-])ccc(SSc2ccc([N+](=O)[O-])c(C(=O)C(=CC)OCC)c2C(Cl)(Cl)Cl)c1C(Cl)(Cl)Cl. The van der Waals surface area contributed by atoms with E-state index < -0.39 is 51.5 Å². The molecule has 2 aromatic rings. The summed E-state index contributed by atoms with van der Waals surface area (Å²) in [5.74, 6) is -2.25. The van der Waals surface area contributed by atoms with Crippen molar-refractivity contribution in [2.24, 2.45) is 0 Å². The van der Waals surface area contributed by atoms with Gasteiger partial charge >= 0.3 is 0 Å². The molecule has 0 saturated heterocycles. The van der Waals surface area contributed by atoms with E-state index in [2.05, 4.69) is 0 Å². The Morgan fingerprint density at radius 3 is 1.27 bits per heavy atom. The Hall–Kier alpha value is -1.90. The van der Waals surface area contributed by atoms with E-state index in [4.69, 9.17) is 79.1 Å². The highest BCUT2D eigenvalue weighted by Gasteiger charge is 2.41. The summed E-state index contributed by atoms with van der Waals surface area (Å²) < 4.78 is 5.97. The number of carbonyl (C=O) groups excluding carboxylic acids is 2. The zero-order valence-electron chi connectivity index (χ0n) is 23.1. The summed E-state index contributed by atoms with van der Waals surface area (Å²) in [7, 11) is 1.65. The fourth-order valence-corrected chi connectivity index (χ4v) is 7.81. The van der Waals surface area contributed by atoms with Crippen molar-refractivity contribution < 1.29 is 28.9 Å². The molecule has 0 aliphatic rings. The highest BCUT2D eigenvalue weighted by atomic mass is 35.6. The van der Waals surface area contributed by atoms with Gasteiger partial charge in [0.1, 0.15) is 11.1 Å². The van der Waals surface area contributed by atoms with Crippen molar-refractivity contribution in [1.82, 2.24) is 0 Å². The zero-order chi connectivity index (χ0) is 33.6. The molecule has 0 saturated carbocycles. The fourth-order valence-electron chi connectivity index (χ4n) is 3.82. The number of Topliss-reactive ketones (excluding diaryl/α,β-unsaturated/α-hetero) is 2. The number of allylic oxidation sites excluding steroid dienone is 4. The van der Waals surface area contributed by atoms with Gasteiger partial charge in [-0.1, -0.05) is 91.2 Å². The van der Waals surface area contributed by atoms with E-state index in [9.17, 15) is 29.8 Å². The van der Waals surface area contributed by atoms with E-state index in [-0.39, 0.29) is 45.6 Å². The van der Waals surface area contributed by atoms with Crippen LogP contribution in [-0.4, -0.2) is 34.6 Å². The molecular formula is C26H22Cl6N2O8S2. The normalized spacial score (nSPS) is 12.6. The molecule has 238 valence electrons. The quantitative estimate of drug-likeness (QED) is 0.0368. The summed E-state index contributed by atoms with van der Waals surface area (Å²) in [5, 5.41) is 23.9. The first-order valence-electron chi connectivity index (χ1n) is 12.2. The van der Waals surface area contributed by atoms with Crippen LogP contribution in [0.25, 0.3) is 0 Å². The van der Waals surface area contributed by atoms with Crippen molar-refractivity contribution in [1.29, 1.82) is 0 Å². The molecular weight excluding hydrogens is 745 g/mol. The second-order valence-electron chi connectivity index (χ2n) is 8.17. The number of nitro groups is 2. The first-order valence-corrected chi connectivity index (χ1v) is 16.7. The van der Waals surface area contributed by atoms with Crippen molar-refractivity contribution >= 4 is 114 Å². The number of nitro benzene ring substituents is 2. The number of benzene rings is 2. The molecule has 0 spiro atoms. The average Bonchev–Trinajstić information content (AvgIpc) is 2.94. The number of hydrogen-bond acceptors (Lipinski definition) is 10. The van der Waals surface area contributed by atoms with E-state index in [0.717, 1.165) is 33.7 Å². The Bertz CT molecular complexity index is 1420. The lowest BCUT2D eigenvalue weighted by Crippen LogP contribution is -2.18. The summed E-state index contributed by atoms with van der Waals surface area (Å²) in [4.78, 5) is 49.4. The molecule has 0 aromatic heterocycles. The molecule has 0 bridgehead atoms. The smallest absolute Gasteiger partial charge is 0.281 e. The maximum Gasteiger partial charge on any atom is 0.281 e. The highest BCUT2D eigenvalue weighted by molar-refractivity contribution is 8.76. The maximum absolute atomic E-state index is 13.5. The minimum Gasteiger partial charge on any atom is -0.490 e. The third-order valence-corrected chi connectivity index (χ3v) is 9.08. The van der Waals surface area contributed by atoms with E-state index in [1.54, 1.807) is 13.8 Å². The van der Waals surface area contributed by atoms with E-state index in [1.807, 2.05) is 0 Å². The molecule has 0 aliphatic carbocycles. The summed E-state index contributed by atoms with van der Waals surface area (Å²) in [6.45, 7) is 6.37. The van der Waals surface area contributed by atoms with Crippen LogP contribution in [0.3, 0.4) is 0 Å². The van der Waals surface area contributed by atoms with Crippen molar-refractivity contribution in [2.45, 2.75) is 45.1 Å². The number of halogens is 6. The van der Waals surface area contributed by atoms with Gasteiger partial charge in [0, 0.05) is 33.1 Å². The number of hydrogen-bond donors (Lipinski definition) is 0. The van der Waals surface area contributed by atoms with Crippen LogP contribution in [0.2, 0.25) is 0 Å². The van der Waals surface area contributed by atoms with Crippen LogP contribution in [0.4, 0.5) is 11.4 Å². The summed E-state index contributed by atoms with van der Waals surface area (Å²) in [6, 6.07) is 4.60. The molecule has 0 radical (unpaired) electrons. The number of rotatable bonds is 13. The Labute approximate surface area is 290 Å². The van der Waals surface area contributed by atoms with Crippen LogP contribution >= 0.6 is 91.2 Å². The molecule has 0 N–H and O–H groups in total. The number of ketones is 2. The first-order chi connectivity index (χ1) is 20.5. The van der Waals surface area contributed by atoms with Gasteiger partial charge in [0.25, 0.3) is 11.4 Å². The molecule has 0 unspecified atom stereocenters. The number of alkyl halides is 6. The molecule has 0 amide bonds. The highest BCUT2D eigenvalue weighted by Crippen LogP contribution is 2.54. The minimum atomic E-state index is -2.36. The van der Waals surface area contributed by atoms with Gasteiger partial charge in [-0.15, -0.1) is 0 Å². The third-order valence-electron chi connectivity index (χ3n) is 5.50. The maximum atomic E-state index is 13.5. The lowest BCUT2D eigenvalue weighted by atomic mass is 10.0. The molecule has 10 nitrogen and oxygen atoms in total. The topological polar surface area (TPSA) is 139 Å². The first kappa shape index (κ1) is 38.3. The lowest BCUT2D eigenvalue weighted by molar-refractivity contribution is -0.385. The molecule has 18 heteroatoms. The predicted octanol–water partition coefficient (Wildman–Crippen LogP) is 10.2. The van der Waals surface area contributed by atoms with E-state index >= 15 is 0 Å². The van der Waals surface area contributed by atoms with Crippen molar-refractivity contribution in [3.8, 4) is 0 Å². The van der Waals surface area contributed by atoms with Crippen LogP contribution < -0.4 is 0 Å². The largest absolute Gasteiger partial charge is 0.490 e. The second-order valence-corrected chi connectivity index (χ2v) is 14.9. The van der Waals surface area contributed by atoms with Gasteiger partial charge in [-0.3, -0.25) is 29.8 Å². The van der Waals surface area contributed by atoms with Crippen LogP contribution in [0.5, 0.6) is 0 Å². The standard InChI is InChI=1S/C26H22Cl6N2O8S2/c1-5-15(41-7-3)23(35)19-13(33(37)38)9-11-17(21(19)25(27,28)29)43-44-18-12-10-14(34(39)40)20(22(18)26(30,31)32)24(36)16(6-2)42-8-4/h5-6,9-12H,7-8H2,1-4H3. The summed E-state index contributed by atoms with van der Waals surface area (Å²) >= 11 is 37.6. The number of ether oxygens (including phenoxy) is 2. The molecule has 0 heterocycles. The molecule has 0 fully saturated rings. The van der Waals surface area contributed by atoms with Gasteiger partial charge in [-0.05, 0) is 52.0 Å². The lowest BCUT2D eigenvalue weighted by Gasteiger charge is -2.22. The fraction of sp³-hybridized carbons (Fsp3) is 0.308. The molecule has 0 atom stereocenters. The zero-order valence-corrected chi connectivity index (χ0v) is 29.3. The molecule has 2 rings (SSSR count). The minimum absolute atomic E-state index is 0.0702. The Morgan fingerprint density at radius 1 is 0.727 bits per heavy atom. The third kappa shape index (κ3) is 8.88. The van der Waals surface area contributed by atoms with Crippen molar-refractivity contribution in [3.05, 3.63) is 90.4 Å². The van der Waals surface area contributed by atoms with Gasteiger partial charge in [0.2, 0.25) is 19.2 Å². The Morgan fingerprint density at radius 2 is 1.05 bits per heavy atom. The second kappa shape index (κ2) is 16.1. The van der Waals surface area contributed by atoms with E-state index in [0.29, 0.717) is 0 Å². The van der Waals surface area contributed by atoms with Crippen molar-refractivity contribution in [3.63, 3.8) is 0 Å². The van der Waals surface area contributed by atoms with E-state index in [1.165, 1.54) is 38.1 Å². The van der Waals surface area contributed by atoms with Crippen molar-refractivity contribution in [2.75, 3.05) is 13.2 Å². The number of nitrogens with zero attached hydrogens (tertiary/aromatic N) is 2. The molecule has 0 aliphatic heterocycles. The van der Waals surface area contributed by atoms with Crippen LogP contribution in [0.1, 0.15) is 59.5 Å². The number of carbonyl (C=O) groups is 2. The predicted molar refractivity (Wildman–Crippen MR) is 176 cm³/mol. The van der Waals surface area contributed by atoms with Gasteiger partial charge in [-0.25, -0.2) is 0 Å². The van der Waals surface area contributed by atoms with Gasteiger partial charge in [-0.2, -0.15) is 0 Å². The Balaban J connectivity index is 2.87.